The average Bonchev–Trinajstić information content (AvgIpc) is 2.64. The van der Waals surface area contributed by atoms with Crippen LogP contribution in [0.2, 0.25) is 0 Å². The van der Waals surface area contributed by atoms with E-state index in [4.69, 9.17) is 12.2 Å². The number of thiocarbonyl (C=S) groups is 1. The molecule has 2 aromatic rings. The molecule has 3 rings (SSSR count). The van der Waals surface area contributed by atoms with Gasteiger partial charge in [-0.1, -0.05) is 48.9 Å². The number of amides is 1. The van der Waals surface area contributed by atoms with Crippen molar-refractivity contribution in [3.05, 3.63) is 77.6 Å². The minimum atomic E-state index is -0.301. The van der Waals surface area contributed by atoms with Gasteiger partial charge in [-0.25, -0.2) is 4.39 Å². The number of hydrogen-bond donors (Lipinski definition) is 1. The Balaban J connectivity index is 1.60. The first kappa shape index (κ1) is 19.2. The number of rotatable bonds is 6. The smallest absolute Gasteiger partial charge is 0.250 e. The van der Waals surface area contributed by atoms with Gasteiger partial charge >= 0.3 is 0 Å². The van der Waals surface area contributed by atoms with Crippen LogP contribution in [0.5, 0.6) is 0 Å². The predicted octanol–water partition coefficient (Wildman–Crippen LogP) is 4.54. The normalized spacial score (nSPS) is 14.0. The lowest BCUT2D eigenvalue weighted by molar-refractivity contribution is -0.115. The van der Waals surface area contributed by atoms with Gasteiger partial charge in [-0.15, -0.1) is 0 Å². The van der Waals surface area contributed by atoms with Crippen LogP contribution in [-0.2, 0) is 11.3 Å². The summed E-state index contributed by atoms with van der Waals surface area (Å²) in [4.78, 5) is 14.3. The highest BCUT2D eigenvalue weighted by Gasteiger charge is 2.22. The lowest BCUT2D eigenvalue weighted by Gasteiger charge is -2.33. The summed E-state index contributed by atoms with van der Waals surface area (Å²) in [5.74, 6) is 0.0552. The summed E-state index contributed by atoms with van der Waals surface area (Å²) in [6, 6.07) is 16.1. The molecule has 1 N–H and O–H groups in total. The van der Waals surface area contributed by atoms with Gasteiger partial charge in [0, 0.05) is 19.2 Å². The van der Waals surface area contributed by atoms with E-state index in [-0.39, 0.29) is 11.7 Å². The van der Waals surface area contributed by atoms with Crippen molar-refractivity contribution in [3.8, 4) is 0 Å². The zero-order valence-electron chi connectivity index (χ0n) is 15.1. The molecule has 0 aromatic heterocycles. The molecular formula is C22H23FN2OS. The summed E-state index contributed by atoms with van der Waals surface area (Å²) in [6.45, 7) is 1.54. The molecule has 2 aromatic carbocycles. The number of benzene rings is 2. The van der Waals surface area contributed by atoms with Gasteiger partial charge in [0.1, 0.15) is 5.82 Å². The van der Waals surface area contributed by atoms with Gasteiger partial charge in [0.05, 0.1) is 0 Å². The number of carbonyl (C=O) groups is 1. The first-order valence-corrected chi connectivity index (χ1v) is 9.58. The quantitative estimate of drug-likeness (QED) is 0.588. The monoisotopic (exact) mass is 382 g/mol. The van der Waals surface area contributed by atoms with Gasteiger partial charge in [0.15, 0.2) is 5.11 Å². The van der Waals surface area contributed by atoms with Crippen LogP contribution in [0.15, 0.2) is 60.7 Å². The predicted molar refractivity (Wildman–Crippen MR) is 110 cm³/mol. The first-order chi connectivity index (χ1) is 13.1. The molecule has 0 heterocycles. The van der Waals surface area contributed by atoms with Crippen molar-refractivity contribution in [3.63, 3.8) is 0 Å². The SMILES string of the molecule is O=C(/C=C/c1ccc(F)cc1)NC(=S)N(Cc1ccccc1)CC1CCC1. The minimum Gasteiger partial charge on any atom is -0.344 e. The summed E-state index contributed by atoms with van der Waals surface area (Å²) in [6.07, 6.45) is 6.76. The zero-order valence-corrected chi connectivity index (χ0v) is 15.9. The Bertz CT molecular complexity index is 801. The third-order valence-corrected chi connectivity index (χ3v) is 5.09. The van der Waals surface area contributed by atoms with E-state index in [1.165, 1.54) is 37.5 Å². The highest BCUT2D eigenvalue weighted by Crippen LogP contribution is 2.27. The molecule has 0 spiro atoms. The Morgan fingerprint density at radius 2 is 1.85 bits per heavy atom. The average molecular weight is 383 g/mol. The highest BCUT2D eigenvalue weighted by atomic mass is 32.1. The molecule has 3 nitrogen and oxygen atoms in total. The van der Waals surface area contributed by atoms with Crippen LogP contribution in [0.25, 0.3) is 6.08 Å². The molecule has 140 valence electrons. The number of nitrogens with zero attached hydrogens (tertiary/aromatic N) is 1. The van der Waals surface area contributed by atoms with Crippen molar-refractivity contribution in [1.29, 1.82) is 0 Å². The third-order valence-electron chi connectivity index (χ3n) is 4.73. The van der Waals surface area contributed by atoms with Gasteiger partial charge in [-0.05, 0) is 60.3 Å². The second-order valence-electron chi connectivity index (χ2n) is 6.84. The number of carbonyl (C=O) groups excluding carboxylic acids is 1. The number of hydrogen-bond acceptors (Lipinski definition) is 2. The van der Waals surface area contributed by atoms with Crippen LogP contribution >= 0.6 is 12.2 Å². The maximum absolute atomic E-state index is 12.9. The Morgan fingerprint density at radius 1 is 1.15 bits per heavy atom. The summed E-state index contributed by atoms with van der Waals surface area (Å²) in [7, 11) is 0. The fourth-order valence-corrected chi connectivity index (χ4v) is 3.22. The second-order valence-corrected chi connectivity index (χ2v) is 7.23. The van der Waals surface area contributed by atoms with Gasteiger partial charge < -0.3 is 4.90 Å². The molecule has 0 radical (unpaired) electrons. The zero-order chi connectivity index (χ0) is 19.1. The van der Waals surface area contributed by atoms with Crippen LogP contribution < -0.4 is 5.32 Å². The van der Waals surface area contributed by atoms with Gasteiger partial charge in [-0.3, -0.25) is 10.1 Å². The first-order valence-electron chi connectivity index (χ1n) is 9.17. The van der Waals surface area contributed by atoms with Crippen LogP contribution in [0.3, 0.4) is 0 Å². The largest absolute Gasteiger partial charge is 0.344 e. The lowest BCUT2D eigenvalue weighted by atomic mass is 9.85. The Kier molecular flexibility index (Phi) is 6.71. The van der Waals surface area contributed by atoms with Crippen LogP contribution in [-0.4, -0.2) is 22.5 Å². The van der Waals surface area contributed by atoms with Gasteiger partial charge in [0.2, 0.25) is 5.91 Å². The topological polar surface area (TPSA) is 32.3 Å². The standard InChI is InChI=1S/C22H23FN2OS/c23-20-12-9-17(10-13-20)11-14-21(26)24-22(27)25(16-19-7-4-8-19)15-18-5-2-1-3-6-18/h1-3,5-6,9-14,19H,4,7-8,15-16H2,(H,24,26,27)/b14-11+. The lowest BCUT2D eigenvalue weighted by Crippen LogP contribution is -2.44. The molecular weight excluding hydrogens is 359 g/mol. The van der Waals surface area contributed by atoms with Gasteiger partial charge in [0.25, 0.3) is 0 Å². The summed E-state index contributed by atoms with van der Waals surface area (Å²) in [5.41, 5.74) is 1.92. The van der Waals surface area contributed by atoms with Crippen LogP contribution in [0.1, 0.15) is 30.4 Å². The molecule has 1 saturated carbocycles. The number of halogens is 1. The van der Waals surface area contributed by atoms with Crippen LogP contribution in [0.4, 0.5) is 4.39 Å². The van der Waals surface area contributed by atoms with Crippen molar-refractivity contribution in [2.45, 2.75) is 25.8 Å². The fraction of sp³-hybridized carbons (Fsp3) is 0.273. The highest BCUT2D eigenvalue weighted by molar-refractivity contribution is 7.80. The van der Waals surface area contributed by atoms with Crippen molar-refractivity contribution in [1.82, 2.24) is 10.2 Å². The molecule has 27 heavy (non-hydrogen) atoms. The number of nitrogens with one attached hydrogen (secondary N) is 1. The van der Waals surface area contributed by atoms with E-state index in [0.717, 1.165) is 17.7 Å². The Hall–Kier alpha value is -2.53. The minimum absolute atomic E-state index is 0.281. The third kappa shape index (κ3) is 6.00. The summed E-state index contributed by atoms with van der Waals surface area (Å²) >= 11 is 5.50. The molecule has 1 amide bonds. The summed E-state index contributed by atoms with van der Waals surface area (Å²) < 4.78 is 12.9. The molecule has 0 unspecified atom stereocenters. The molecule has 1 aliphatic carbocycles. The van der Waals surface area contributed by atoms with Crippen LogP contribution in [0, 0.1) is 11.7 Å². The Labute approximate surface area is 164 Å². The molecule has 0 saturated heterocycles. The molecule has 1 fully saturated rings. The van der Waals surface area contributed by atoms with E-state index in [1.807, 2.05) is 18.2 Å². The van der Waals surface area contributed by atoms with Crippen molar-refractivity contribution in [2.75, 3.05) is 6.54 Å². The second kappa shape index (κ2) is 9.42. The fourth-order valence-electron chi connectivity index (χ4n) is 2.98. The van der Waals surface area contributed by atoms with E-state index in [2.05, 4.69) is 22.3 Å². The maximum atomic E-state index is 12.9. The molecule has 1 aliphatic rings. The van der Waals surface area contributed by atoms with E-state index in [1.54, 1.807) is 18.2 Å². The summed E-state index contributed by atoms with van der Waals surface area (Å²) in [5, 5.41) is 3.24. The Morgan fingerprint density at radius 3 is 2.48 bits per heavy atom. The van der Waals surface area contributed by atoms with Crippen molar-refractivity contribution < 1.29 is 9.18 Å². The molecule has 5 heteroatoms. The molecule has 0 atom stereocenters. The van der Waals surface area contributed by atoms with E-state index >= 15 is 0 Å². The molecule has 0 bridgehead atoms. The van der Waals surface area contributed by atoms with Crippen molar-refractivity contribution in [2.24, 2.45) is 5.92 Å². The van der Waals surface area contributed by atoms with E-state index in [0.29, 0.717) is 17.6 Å². The van der Waals surface area contributed by atoms with Crippen molar-refractivity contribution >= 4 is 29.3 Å². The molecule has 0 aliphatic heterocycles. The van der Waals surface area contributed by atoms with E-state index in [9.17, 15) is 9.18 Å². The van der Waals surface area contributed by atoms with Gasteiger partial charge in [-0.2, -0.15) is 0 Å². The van der Waals surface area contributed by atoms with E-state index < -0.39 is 0 Å². The maximum Gasteiger partial charge on any atom is 0.250 e.